The van der Waals surface area contributed by atoms with E-state index in [1.165, 1.54) is 12.1 Å². The van der Waals surface area contributed by atoms with Crippen LogP contribution in [0, 0.1) is 19.7 Å². The van der Waals surface area contributed by atoms with E-state index in [1.807, 2.05) is 0 Å². The molecule has 17 heavy (non-hydrogen) atoms. The molecule has 0 aliphatic carbocycles. The second kappa shape index (κ2) is 4.45. The number of rotatable bonds is 2. The molecule has 3 heteroatoms. The van der Waals surface area contributed by atoms with Crippen LogP contribution in [0.3, 0.4) is 0 Å². The normalized spacial score (nSPS) is 10.3. The van der Waals surface area contributed by atoms with E-state index in [2.05, 4.69) is 4.98 Å². The Morgan fingerprint density at radius 1 is 1.18 bits per heavy atom. The lowest BCUT2D eigenvalue weighted by atomic mass is 9.98. The van der Waals surface area contributed by atoms with Crippen molar-refractivity contribution in [1.29, 1.82) is 0 Å². The van der Waals surface area contributed by atoms with Crippen LogP contribution in [0.5, 0.6) is 0 Å². The van der Waals surface area contributed by atoms with Crippen molar-refractivity contribution in [3.05, 3.63) is 64.7 Å². The number of halogens is 1. The second-order valence-corrected chi connectivity index (χ2v) is 3.92. The van der Waals surface area contributed by atoms with Crippen LogP contribution in [0.1, 0.15) is 27.2 Å². The molecule has 2 nitrogen and oxygen atoms in total. The molecule has 2 rings (SSSR count). The Balaban J connectivity index is 2.51. The smallest absolute Gasteiger partial charge is 0.195 e. The third kappa shape index (κ3) is 2.23. The highest BCUT2D eigenvalue weighted by molar-refractivity contribution is 6.10. The van der Waals surface area contributed by atoms with Crippen molar-refractivity contribution in [3.63, 3.8) is 0 Å². The van der Waals surface area contributed by atoms with E-state index in [4.69, 9.17) is 0 Å². The summed E-state index contributed by atoms with van der Waals surface area (Å²) in [5.74, 6) is -0.590. The van der Waals surface area contributed by atoms with Crippen molar-refractivity contribution in [3.8, 4) is 0 Å². The lowest BCUT2D eigenvalue weighted by Gasteiger charge is -2.06. The van der Waals surface area contributed by atoms with Crippen LogP contribution in [0.4, 0.5) is 4.39 Å². The molecule has 0 radical (unpaired) electrons. The molecule has 1 aromatic carbocycles. The fourth-order valence-corrected chi connectivity index (χ4v) is 1.71. The molecule has 0 aliphatic heterocycles. The van der Waals surface area contributed by atoms with Gasteiger partial charge in [0.15, 0.2) is 5.78 Å². The molecule has 2 aromatic rings. The largest absolute Gasteiger partial charge is 0.289 e. The number of nitrogens with zero attached hydrogens (tertiary/aromatic N) is 1. The van der Waals surface area contributed by atoms with Crippen LogP contribution in [0.15, 0.2) is 36.5 Å². The first kappa shape index (κ1) is 11.5. The summed E-state index contributed by atoms with van der Waals surface area (Å²) in [7, 11) is 0. The van der Waals surface area contributed by atoms with Crippen LogP contribution in [-0.2, 0) is 0 Å². The van der Waals surface area contributed by atoms with E-state index >= 15 is 0 Å². The molecule has 0 saturated carbocycles. The Kier molecular flexibility index (Phi) is 3.00. The van der Waals surface area contributed by atoms with Gasteiger partial charge in [-0.15, -0.1) is 0 Å². The van der Waals surface area contributed by atoms with E-state index in [0.717, 1.165) is 5.56 Å². The van der Waals surface area contributed by atoms with Crippen molar-refractivity contribution in [2.24, 2.45) is 0 Å². The zero-order valence-electron chi connectivity index (χ0n) is 9.70. The zero-order chi connectivity index (χ0) is 12.4. The fourth-order valence-electron chi connectivity index (χ4n) is 1.71. The van der Waals surface area contributed by atoms with Gasteiger partial charge in [-0.2, -0.15) is 0 Å². The highest BCUT2D eigenvalue weighted by Crippen LogP contribution is 2.16. The number of aromatic nitrogens is 1. The number of carbonyl (C=O) groups is 1. The van der Waals surface area contributed by atoms with Crippen LogP contribution < -0.4 is 0 Å². The SMILES string of the molecule is Cc1ccc(F)cc1C(=O)c1cccnc1C. The monoisotopic (exact) mass is 229 g/mol. The first-order valence-electron chi connectivity index (χ1n) is 5.32. The number of benzene rings is 1. The highest BCUT2D eigenvalue weighted by atomic mass is 19.1. The Bertz CT molecular complexity index is 578. The standard InChI is InChI=1S/C14H12FNO/c1-9-5-6-11(15)8-13(9)14(17)12-4-3-7-16-10(12)2/h3-8H,1-2H3. The van der Waals surface area contributed by atoms with Gasteiger partial charge in [0.05, 0.1) is 0 Å². The van der Waals surface area contributed by atoms with Gasteiger partial charge in [-0.05, 0) is 43.7 Å². The molecule has 0 atom stereocenters. The van der Waals surface area contributed by atoms with E-state index in [9.17, 15) is 9.18 Å². The molecule has 1 aromatic heterocycles. The molecule has 1 heterocycles. The lowest BCUT2D eigenvalue weighted by molar-refractivity contribution is 0.103. The summed E-state index contributed by atoms with van der Waals surface area (Å²) < 4.78 is 13.2. The summed E-state index contributed by atoms with van der Waals surface area (Å²) in [6.07, 6.45) is 1.63. The van der Waals surface area contributed by atoms with Crippen molar-refractivity contribution in [2.75, 3.05) is 0 Å². The third-order valence-electron chi connectivity index (χ3n) is 2.70. The summed E-state index contributed by atoms with van der Waals surface area (Å²) in [4.78, 5) is 16.3. The number of pyridine rings is 1. The average molecular weight is 229 g/mol. The van der Waals surface area contributed by atoms with Crippen molar-refractivity contribution >= 4 is 5.78 Å². The minimum Gasteiger partial charge on any atom is -0.289 e. The molecule has 0 amide bonds. The quantitative estimate of drug-likeness (QED) is 0.741. The minimum atomic E-state index is -0.402. The van der Waals surface area contributed by atoms with E-state index < -0.39 is 5.82 Å². The number of aryl methyl sites for hydroxylation is 2. The maximum Gasteiger partial charge on any atom is 0.195 e. The second-order valence-electron chi connectivity index (χ2n) is 3.92. The van der Waals surface area contributed by atoms with Crippen molar-refractivity contribution in [1.82, 2.24) is 4.98 Å². The van der Waals surface area contributed by atoms with Crippen molar-refractivity contribution < 1.29 is 9.18 Å². The predicted molar refractivity (Wildman–Crippen MR) is 63.5 cm³/mol. The number of hydrogen-bond acceptors (Lipinski definition) is 2. The van der Waals surface area contributed by atoms with Gasteiger partial charge in [0.25, 0.3) is 0 Å². The van der Waals surface area contributed by atoms with E-state index in [-0.39, 0.29) is 5.78 Å². The van der Waals surface area contributed by atoms with Crippen LogP contribution in [0.25, 0.3) is 0 Å². The maximum absolute atomic E-state index is 13.2. The van der Waals surface area contributed by atoms with Gasteiger partial charge in [-0.3, -0.25) is 9.78 Å². The van der Waals surface area contributed by atoms with Gasteiger partial charge in [-0.1, -0.05) is 6.07 Å². The summed E-state index contributed by atoms with van der Waals surface area (Å²) >= 11 is 0. The van der Waals surface area contributed by atoms with Gasteiger partial charge >= 0.3 is 0 Å². The van der Waals surface area contributed by atoms with Crippen LogP contribution in [-0.4, -0.2) is 10.8 Å². The molecule has 0 spiro atoms. The number of hydrogen-bond donors (Lipinski definition) is 0. The van der Waals surface area contributed by atoms with Crippen LogP contribution >= 0.6 is 0 Å². The molecular formula is C14H12FNO. The molecular weight excluding hydrogens is 217 g/mol. The van der Waals surface area contributed by atoms with Gasteiger partial charge < -0.3 is 0 Å². The van der Waals surface area contributed by atoms with Gasteiger partial charge in [0.2, 0.25) is 0 Å². The summed E-state index contributed by atoms with van der Waals surface area (Å²) in [5, 5.41) is 0. The Morgan fingerprint density at radius 3 is 2.65 bits per heavy atom. The molecule has 0 aliphatic rings. The molecule has 0 bridgehead atoms. The summed E-state index contributed by atoms with van der Waals surface area (Å²) in [6, 6.07) is 7.63. The van der Waals surface area contributed by atoms with Crippen LogP contribution in [0.2, 0.25) is 0 Å². The molecule has 0 unspecified atom stereocenters. The van der Waals surface area contributed by atoms with Gasteiger partial charge in [-0.25, -0.2) is 4.39 Å². The average Bonchev–Trinajstić information content (AvgIpc) is 2.32. The third-order valence-corrected chi connectivity index (χ3v) is 2.70. The Labute approximate surface area is 99.1 Å². The highest BCUT2D eigenvalue weighted by Gasteiger charge is 2.14. The Hall–Kier alpha value is -2.03. The minimum absolute atomic E-state index is 0.187. The molecule has 86 valence electrons. The van der Waals surface area contributed by atoms with Gasteiger partial charge in [0, 0.05) is 23.0 Å². The van der Waals surface area contributed by atoms with E-state index in [1.54, 1.807) is 38.2 Å². The lowest BCUT2D eigenvalue weighted by Crippen LogP contribution is -2.07. The first-order valence-corrected chi connectivity index (χ1v) is 5.32. The number of ketones is 1. The first-order chi connectivity index (χ1) is 8.09. The zero-order valence-corrected chi connectivity index (χ0v) is 9.70. The number of carbonyl (C=O) groups excluding carboxylic acids is 1. The summed E-state index contributed by atoms with van der Waals surface area (Å²) in [6.45, 7) is 3.56. The van der Waals surface area contributed by atoms with Crippen molar-refractivity contribution in [2.45, 2.75) is 13.8 Å². The summed E-state index contributed by atoms with van der Waals surface area (Å²) in [5.41, 5.74) is 2.32. The molecule has 0 N–H and O–H groups in total. The topological polar surface area (TPSA) is 30.0 Å². The maximum atomic E-state index is 13.2. The van der Waals surface area contributed by atoms with Gasteiger partial charge in [0.1, 0.15) is 5.82 Å². The molecule has 0 saturated heterocycles. The Morgan fingerprint density at radius 2 is 1.94 bits per heavy atom. The molecule has 0 fully saturated rings. The predicted octanol–water partition coefficient (Wildman–Crippen LogP) is 3.07. The fraction of sp³-hybridized carbons (Fsp3) is 0.143. The van der Waals surface area contributed by atoms with E-state index in [0.29, 0.717) is 16.8 Å².